The highest BCUT2D eigenvalue weighted by Gasteiger charge is 2.43. The van der Waals surface area contributed by atoms with Gasteiger partial charge in [0.15, 0.2) is 6.73 Å². The maximum absolute atomic E-state index is 13.2. The fourth-order valence-corrected chi connectivity index (χ4v) is 4.66. The summed E-state index contributed by atoms with van der Waals surface area (Å²) in [6, 6.07) is 21.4. The van der Waals surface area contributed by atoms with Crippen LogP contribution in [0.5, 0.6) is 0 Å². The van der Waals surface area contributed by atoms with E-state index in [1.54, 1.807) is 54.6 Å². The van der Waals surface area contributed by atoms with Crippen molar-refractivity contribution in [3.8, 4) is 0 Å². The summed E-state index contributed by atoms with van der Waals surface area (Å²) in [6.07, 6.45) is 0.236. The van der Waals surface area contributed by atoms with E-state index in [2.05, 4.69) is 10.6 Å². The van der Waals surface area contributed by atoms with Gasteiger partial charge in [0, 0.05) is 30.8 Å². The lowest BCUT2D eigenvalue weighted by Gasteiger charge is -2.34. The maximum Gasteiger partial charge on any atom is 0.339 e. The Balaban J connectivity index is 1.20. The minimum absolute atomic E-state index is 0.0467. The molecule has 198 valence electrons. The molecule has 10 nitrogen and oxygen atoms in total. The van der Waals surface area contributed by atoms with E-state index < -0.39 is 30.6 Å². The standard InChI is InChI=1S/C29H26N4O6/c34-25-14-13-24(27(36)33(25)18-39-28(37)20-7-3-1-4-8-20)32-17-21-15-19(11-12-23(21)26(32)35)16-30-29(38)31-22-9-5-2-6-10-22/h1-12,15,24H,13-14,16-18H2,(H2,30,31,38). The molecule has 3 aromatic rings. The topological polar surface area (TPSA) is 125 Å². The molecule has 0 bridgehead atoms. The van der Waals surface area contributed by atoms with E-state index in [9.17, 15) is 24.0 Å². The molecular formula is C29H26N4O6. The number of imide groups is 1. The second-order valence-electron chi connectivity index (χ2n) is 9.24. The van der Waals surface area contributed by atoms with E-state index in [0.717, 1.165) is 16.0 Å². The molecule has 0 aliphatic carbocycles. The zero-order valence-corrected chi connectivity index (χ0v) is 21.0. The number of hydrogen-bond donors (Lipinski definition) is 2. The molecule has 0 aromatic heterocycles. The number of carbonyl (C=O) groups excluding carboxylic acids is 5. The van der Waals surface area contributed by atoms with Gasteiger partial charge in [-0.05, 0) is 47.9 Å². The van der Waals surface area contributed by atoms with Crippen LogP contribution in [0.4, 0.5) is 10.5 Å². The van der Waals surface area contributed by atoms with Crippen molar-refractivity contribution in [2.24, 2.45) is 0 Å². The molecule has 5 rings (SSSR count). The first-order chi connectivity index (χ1) is 18.9. The largest absolute Gasteiger partial charge is 0.440 e. The van der Waals surface area contributed by atoms with Crippen molar-refractivity contribution in [2.75, 3.05) is 12.0 Å². The van der Waals surface area contributed by atoms with Gasteiger partial charge < -0.3 is 20.3 Å². The van der Waals surface area contributed by atoms with Crippen molar-refractivity contribution in [1.82, 2.24) is 15.1 Å². The van der Waals surface area contributed by atoms with Crippen molar-refractivity contribution in [1.29, 1.82) is 0 Å². The van der Waals surface area contributed by atoms with Crippen LogP contribution in [0.25, 0.3) is 0 Å². The Hall–Kier alpha value is -4.99. The lowest BCUT2D eigenvalue weighted by Crippen LogP contribution is -2.55. The van der Waals surface area contributed by atoms with Crippen molar-refractivity contribution in [2.45, 2.75) is 32.0 Å². The highest BCUT2D eigenvalue weighted by molar-refractivity contribution is 6.05. The van der Waals surface area contributed by atoms with Gasteiger partial charge in [0.25, 0.3) is 11.8 Å². The molecule has 0 spiro atoms. The van der Waals surface area contributed by atoms with Crippen LogP contribution in [-0.2, 0) is 27.4 Å². The number of benzene rings is 3. The summed E-state index contributed by atoms with van der Waals surface area (Å²) < 4.78 is 5.21. The number of rotatable bonds is 7. The van der Waals surface area contributed by atoms with Crippen molar-refractivity contribution in [3.63, 3.8) is 0 Å². The van der Waals surface area contributed by atoms with E-state index in [1.807, 2.05) is 24.3 Å². The van der Waals surface area contributed by atoms with Crippen molar-refractivity contribution in [3.05, 3.63) is 101 Å². The van der Waals surface area contributed by atoms with Crippen LogP contribution in [0.1, 0.15) is 44.7 Å². The molecule has 1 fully saturated rings. The molecule has 2 N–H and O–H groups in total. The second kappa shape index (κ2) is 11.2. The first-order valence-electron chi connectivity index (χ1n) is 12.5. The Kier molecular flexibility index (Phi) is 7.35. The first kappa shape index (κ1) is 25.7. The van der Waals surface area contributed by atoms with E-state index in [4.69, 9.17) is 4.74 Å². The Morgan fingerprint density at radius 3 is 2.38 bits per heavy atom. The molecule has 39 heavy (non-hydrogen) atoms. The van der Waals surface area contributed by atoms with Crippen LogP contribution in [0, 0.1) is 0 Å². The van der Waals surface area contributed by atoms with Gasteiger partial charge in [-0.2, -0.15) is 0 Å². The third-order valence-corrected chi connectivity index (χ3v) is 6.68. The van der Waals surface area contributed by atoms with Crippen LogP contribution in [0.3, 0.4) is 0 Å². The van der Waals surface area contributed by atoms with Crippen LogP contribution in [0.2, 0.25) is 0 Å². The van der Waals surface area contributed by atoms with Gasteiger partial charge in [0.1, 0.15) is 6.04 Å². The number of nitrogens with zero attached hydrogens (tertiary/aromatic N) is 2. The molecule has 10 heteroatoms. The van der Waals surface area contributed by atoms with Crippen LogP contribution in [-0.4, -0.2) is 52.3 Å². The smallest absolute Gasteiger partial charge is 0.339 e. The quantitative estimate of drug-likeness (QED) is 0.360. The minimum atomic E-state index is -0.851. The SMILES string of the molecule is O=C(NCc1ccc2c(c1)CN(C1CCC(=O)N(COC(=O)c3ccccc3)C1=O)C2=O)Nc1ccccc1. The van der Waals surface area contributed by atoms with Crippen molar-refractivity contribution >= 4 is 35.4 Å². The number of esters is 1. The number of piperidine rings is 1. The second-order valence-corrected chi connectivity index (χ2v) is 9.24. The predicted molar refractivity (Wildman–Crippen MR) is 140 cm³/mol. The molecule has 2 aliphatic heterocycles. The molecule has 5 amide bonds. The monoisotopic (exact) mass is 526 g/mol. The highest BCUT2D eigenvalue weighted by atomic mass is 16.5. The average molecular weight is 527 g/mol. The molecule has 0 saturated carbocycles. The fourth-order valence-electron chi connectivity index (χ4n) is 4.66. The number of anilines is 1. The Morgan fingerprint density at radius 1 is 0.923 bits per heavy atom. The summed E-state index contributed by atoms with van der Waals surface area (Å²) in [6.45, 7) is -0.0737. The van der Waals surface area contributed by atoms with Gasteiger partial charge >= 0.3 is 12.0 Å². The number of fused-ring (bicyclic) bond motifs is 1. The Bertz CT molecular complexity index is 1430. The lowest BCUT2D eigenvalue weighted by atomic mass is 10.0. The van der Waals surface area contributed by atoms with Gasteiger partial charge in [0.2, 0.25) is 5.91 Å². The van der Waals surface area contributed by atoms with Gasteiger partial charge in [-0.15, -0.1) is 0 Å². The van der Waals surface area contributed by atoms with E-state index in [0.29, 0.717) is 16.8 Å². The van der Waals surface area contributed by atoms with Crippen molar-refractivity contribution < 1.29 is 28.7 Å². The van der Waals surface area contributed by atoms with E-state index >= 15 is 0 Å². The molecular weight excluding hydrogens is 500 g/mol. The minimum Gasteiger partial charge on any atom is -0.440 e. The number of carbonyl (C=O) groups is 5. The Morgan fingerprint density at radius 2 is 1.64 bits per heavy atom. The van der Waals surface area contributed by atoms with Crippen LogP contribution in [0.15, 0.2) is 78.9 Å². The highest BCUT2D eigenvalue weighted by Crippen LogP contribution is 2.30. The van der Waals surface area contributed by atoms with Gasteiger partial charge in [0.05, 0.1) is 5.56 Å². The Labute approximate surface area is 224 Å². The zero-order chi connectivity index (χ0) is 27.4. The summed E-state index contributed by atoms with van der Waals surface area (Å²) in [4.78, 5) is 65.7. The predicted octanol–water partition coefficient (Wildman–Crippen LogP) is 3.30. The summed E-state index contributed by atoms with van der Waals surface area (Å²) in [5, 5.41) is 5.54. The van der Waals surface area contributed by atoms with E-state index in [-0.39, 0.29) is 37.9 Å². The van der Waals surface area contributed by atoms with Crippen LogP contribution < -0.4 is 10.6 Å². The number of hydrogen-bond acceptors (Lipinski definition) is 6. The number of urea groups is 1. The van der Waals surface area contributed by atoms with Crippen LogP contribution >= 0.6 is 0 Å². The normalized spacial score (nSPS) is 16.6. The zero-order valence-electron chi connectivity index (χ0n) is 21.0. The number of likely N-dealkylation sites (tertiary alicyclic amines) is 1. The van der Waals surface area contributed by atoms with Gasteiger partial charge in [-0.25, -0.2) is 14.5 Å². The van der Waals surface area contributed by atoms with E-state index in [1.165, 1.54) is 4.90 Å². The number of amides is 5. The number of para-hydroxylation sites is 1. The van der Waals surface area contributed by atoms with Gasteiger partial charge in [-0.1, -0.05) is 48.5 Å². The molecule has 0 radical (unpaired) electrons. The number of ether oxygens (including phenoxy) is 1. The molecule has 2 aliphatic rings. The third kappa shape index (κ3) is 5.64. The lowest BCUT2D eigenvalue weighted by molar-refractivity contribution is -0.156. The fraction of sp³-hybridized carbons (Fsp3) is 0.207. The average Bonchev–Trinajstić information content (AvgIpc) is 3.28. The first-order valence-corrected chi connectivity index (χ1v) is 12.5. The summed E-state index contributed by atoms with van der Waals surface area (Å²) in [7, 11) is 0. The van der Waals surface area contributed by atoms with Gasteiger partial charge in [-0.3, -0.25) is 14.4 Å². The summed E-state index contributed by atoms with van der Waals surface area (Å²) >= 11 is 0. The summed E-state index contributed by atoms with van der Waals surface area (Å²) in [5.41, 5.74) is 2.98. The maximum atomic E-state index is 13.2. The number of nitrogens with one attached hydrogen (secondary N) is 2. The summed E-state index contributed by atoms with van der Waals surface area (Å²) in [5.74, 6) is -1.99. The molecule has 3 aromatic carbocycles. The third-order valence-electron chi connectivity index (χ3n) is 6.68. The molecule has 2 heterocycles. The molecule has 1 unspecified atom stereocenters. The molecule has 1 atom stereocenters. The molecule has 1 saturated heterocycles.